The van der Waals surface area contributed by atoms with Crippen LogP contribution in [0.4, 0.5) is 0 Å². The van der Waals surface area contributed by atoms with Crippen molar-refractivity contribution in [1.29, 1.82) is 0 Å². The van der Waals surface area contributed by atoms with Crippen molar-refractivity contribution in [2.24, 2.45) is 0 Å². The highest BCUT2D eigenvalue weighted by atomic mass is 35.5. The predicted molar refractivity (Wildman–Crippen MR) is 99.5 cm³/mol. The Hall–Kier alpha value is -1.41. The fourth-order valence-electron chi connectivity index (χ4n) is 3.63. The van der Waals surface area contributed by atoms with E-state index < -0.39 is 5.60 Å². The summed E-state index contributed by atoms with van der Waals surface area (Å²) in [6.45, 7) is 1.94. The molecule has 0 bridgehead atoms. The molecule has 2 aromatic rings. The minimum absolute atomic E-state index is 0.0115. The second kappa shape index (κ2) is 6.39. The van der Waals surface area contributed by atoms with E-state index in [4.69, 9.17) is 16.3 Å². The molecule has 0 aliphatic carbocycles. The fraction of sp³-hybridized carbons (Fsp3) is 0.529. The number of benzene rings is 1. The van der Waals surface area contributed by atoms with Gasteiger partial charge in [0.25, 0.3) is 5.56 Å². The summed E-state index contributed by atoms with van der Waals surface area (Å²) in [6, 6.07) is 3.53. The van der Waals surface area contributed by atoms with Gasteiger partial charge in [-0.05, 0) is 37.9 Å². The Morgan fingerprint density at radius 1 is 1.52 bits per heavy atom. The van der Waals surface area contributed by atoms with Gasteiger partial charge in [-0.3, -0.25) is 9.36 Å². The highest BCUT2D eigenvalue weighted by Crippen LogP contribution is 2.35. The van der Waals surface area contributed by atoms with Crippen LogP contribution in [0.25, 0.3) is 10.9 Å². The zero-order chi connectivity index (χ0) is 17.6. The Balaban J connectivity index is 1.59. The summed E-state index contributed by atoms with van der Waals surface area (Å²) in [6.07, 6.45) is 3.70. The van der Waals surface area contributed by atoms with Gasteiger partial charge >= 0.3 is 0 Å². The summed E-state index contributed by atoms with van der Waals surface area (Å²) < 4.78 is 7.29. The van der Waals surface area contributed by atoms with Crippen molar-refractivity contribution in [3.05, 3.63) is 33.8 Å². The van der Waals surface area contributed by atoms with Crippen LogP contribution in [-0.4, -0.2) is 53.4 Å². The van der Waals surface area contributed by atoms with E-state index in [0.717, 1.165) is 24.8 Å². The Kier molecular flexibility index (Phi) is 4.36. The molecular formula is C17H21BClN3O3. The van der Waals surface area contributed by atoms with Gasteiger partial charge in [0.1, 0.15) is 13.4 Å². The number of aromatic nitrogens is 2. The Morgan fingerprint density at radius 2 is 2.32 bits per heavy atom. The number of rotatable bonds is 4. The van der Waals surface area contributed by atoms with Crippen LogP contribution in [0, 0.1) is 0 Å². The van der Waals surface area contributed by atoms with E-state index in [-0.39, 0.29) is 17.7 Å². The van der Waals surface area contributed by atoms with Crippen molar-refractivity contribution >= 4 is 35.8 Å². The maximum Gasteiger partial charge on any atom is 0.261 e. The number of aliphatic hydroxyl groups is 1. The molecular weight excluding hydrogens is 340 g/mol. The molecule has 0 amide bonds. The number of nitrogens with one attached hydrogen (secondary N) is 1. The molecule has 0 saturated carbocycles. The molecule has 0 spiro atoms. The molecule has 0 radical (unpaired) electrons. The van der Waals surface area contributed by atoms with Gasteiger partial charge in [0.15, 0.2) is 0 Å². The molecule has 132 valence electrons. The molecule has 3 atom stereocenters. The number of fused-ring (bicyclic) bond motifs is 1. The van der Waals surface area contributed by atoms with Crippen LogP contribution < -0.4 is 16.3 Å². The number of hydrogen-bond donors (Lipinski definition) is 2. The van der Waals surface area contributed by atoms with E-state index in [9.17, 15) is 9.90 Å². The second-order valence-corrected chi connectivity index (χ2v) is 7.65. The largest absolute Gasteiger partial charge is 0.392 e. The number of aliphatic hydroxyl groups excluding tert-OH is 1. The minimum atomic E-state index is -0.399. The molecule has 4 rings (SSSR count). The molecule has 1 aromatic heterocycles. The first-order chi connectivity index (χ1) is 12.0. The van der Waals surface area contributed by atoms with Crippen molar-refractivity contribution < 1.29 is 9.84 Å². The lowest BCUT2D eigenvalue weighted by atomic mass is 9.92. The monoisotopic (exact) mass is 361 g/mol. The van der Waals surface area contributed by atoms with Crippen LogP contribution in [0.5, 0.6) is 0 Å². The van der Waals surface area contributed by atoms with E-state index in [0.29, 0.717) is 35.5 Å². The number of ether oxygens (including phenoxy) is 1. The van der Waals surface area contributed by atoms with Gasteiger partial charge in [0.2, 0.25) is 0 Å². The first-order valence-corrected chi connectivity index (χ1v) is 9.06. The van der Waals surface area contributed by atoms with Crippen LogP contribution >= 0.6 is 11.6 Å². The van der Waals surface area contributed by atoms with Gasteiger partial charge in [-0.15, -0.1) is 0 Å². The summed E-state index contributed by atoms with van der Waals surface area (Å²) in [5.41, 5.74) is 1.04. The van der Waals surface area contributed by atoms with Crippen molar-refractivity contribution in [3.63, 3.8) is 0 Å². The average molecular weight is 362 g/mol. The highest BCUT2D eigenvalue weighted by molar-refractivity contribution is 6.45. The van der Waals surface area contributed by atoms with Crippen LogP contribution in [-0.2, 0) is 11.3 Å². The molecule has 1 unspecified atom stereocenters. The number of halogens is 1. The molecule has 3 heterocycles. The SMILES string of the molecule is Bc1cc2ncn(CC3(C[C@@H]4NCCC[C@H]4O)CO3)c(=O)c2cc1Cl. The van der Waals surface area contributed by atoms with Crippen LogP contribution in [0.3, 0.4) is 0 Å². The van der Waals surface area contributed by atoms with Gasteiger partial charge in [-0.2, -0.15) is 0 Å². The molecule has 25 heavy (non-hydrogen) atoms. The summed E-state index contributed by atoms with van der Waals surface area (Å²) in [5, 5.41) is 14.6. The Bertz CT molecular complexity index is 868. The van der Waals surface area contributed by atoms with E-state index >= 15 is 0 Å². The molecule has 2 N–H and O–H groups in total. The lowest BCUT2D eigenvalue weighted by molar-refractivity contribution is 0.0754. The van der Waals surface area contributed by atoms with E-state index in [1.807, 2.05) is 13.9 Å². The molecule has 2 fully saturated rings. The number of hydrogen-bond acceptors (Lipinski definition) is 5. The third-order valence-corrected chi connectivity index (χ3v) is 5.66. The summed E-state index contributed by atoms with van der Waals surface area (Å²) in [7, 11) is 1.89. The molecule has 2 aliphatic heterocycles. The van der Waals surface area contributed by atoms with Gasteiger partial charge in [-0.1, -0.05) is 17.1 Å². The molecule has 2 saturated heterocycles. The first kappa shape index (κ1) is 17.0. The minimum Gasteiger partial charge on any atom is -0.392 e. The summed E-state index contributed by atoms with van der Waals surface area (Å²) in [5.74, 6) is 0. The third-order valence-electron chi connectivity index (χ3n) is 5.26. The Morgan fingerprint density at radius 3 is 3.04 bits per heavy atom. The van der Waals surface area contributed by atoms with Crippen LogP contribution in [0.2, 0.25) is 5.02 Å². The number of piperidine rings is 1. The third kappa shape index (κ3) is 3.34. The predicted octanol–water partition coefficient (Wildman–Crippen LogP) is -0.420. The van der Waals surface area contributed by atoms with Gasteiger partial charge in [-0.25, -0.2) is 4.98 Å². The van der Waals surface area contributed by atoms with E-state index in [1.165, 1.54) is 0 Å². The Labute approximate surface area is 151 Å². The maximum atomic E-state index is 12.8. The average Bonchev–Trinajstić information content (AvgIpc) is 3.34. The molecule has 8 heteroatoms. The van der Waals surface area contributed by atoms with Crippen LogP contribution in [0.15, 0.2) is 23.3 Å². The summed E-state index contributed by atoms with van der Waals surface area (Å²) in [4.78, 5) is 17.2. The van der Waals surface area contributed by atoms with E-state index in [2.05, 4.69) is 10.3 Å². The molecule has 2 aliphatic rings. The molecule has 6 nitrogen and oxygen atoms in total. The highest BCUT2D eigenvalue weighted by Gasteiger charge is 2.48. The lowest BCUT2D eigenvalue weighted by Gasteiger charge is -2.31. The van der Waals surface area contributed by atoms with Gasteiger partial charge in [0.05, 0.1) is 36.5 Å². The van der Waals surface area contributed by atoms with Crippen molar-refractivity contribution in [2.75, 3.05) is 13.2 Å². The van der Waals surface area contributed by atoms with Crippen LogP contribution in [0.1, 0.15) is 19.3 Å². The zero-order valence-corrected chi connectivity index (χ0v) is 14.9. The normalized spacial score (nSPS) is 29.0. The fourth-order valence-corrected chi connectivity index (χ4v) is 3.79. The van der Waals surface area contributed by atoms with Gasteiger partial charge in [0, 0.05) is 11.1 Å². The van der Waals surface area contributed by atoms with Crippen molar-refractivity contribution in [3.8, 4) is 0 Å². The van der Waals surface area contributed by atoms with E-state index in [1.54, 1.807) is 17.0 Å². The first-order valence-electron chi connectivity index (χ1n) is 8.68. The van der Waals surface area contributed by atoms with Crippen molar-refractivity contribution in [2.45, 2.75) is 43.6 Å². The smallest absolute Gasteiger partial charge is 0.261 e. The standard InChI is InChI=1S/C17H21BClN3O3/c18-11-5-13-10(4-12(11)19)16(24)22(9-21-13)7-17(8-25-17)6-14-15(23)2-1-3-20-14/h4-5,9,14-15,20,23H,1-3,6-8,18H2/t14-,15+,17?/m0/s1. The second-order valence-electron chi connectivity index (χ2n) is 7.24. The summed E-state index contributed by atoms with van der Waals surface area (Å²) >= 11 is 6.17. The van der Waals surface area contributed by atoms with Gasteiger partial charge < -0.3 is 15.2 Å². The quantitative estimate of drug-likeness (QED) is 0.571. The number of epoxide rings is 1. The number of nitrogens with zero attached hydrogens (tertiary/aromatic N) is 2. The van der Waals surface area contributed by atoms with Crippen molar-refractivity contribution in [1.82, 2.24) is 14.9 Å². The maximum absolute atomic E-state index is 12.8. The zero-order valence-electron chi connectivity index (χ0n) is 14.2. The topological polar surface area (TPSA) is 79.7 Å². The molecule has 1 aromatic carbocycles. The lowest BCUT2D eigenvalue weighted by Crippen LogP contribution is -2.48.